The molecule has 0 atom stereocenters. The molecule has 0 saturated heterocycles. The van der Waals surface area contributed by atoms with Gasteiger partial charge >= 0.3 is 27.8 Å². The van der Waals surface area contributed by atoms with Crippen LogP contribution in [0.3, 0.4) is 0 Å². The zero-order valence-electron chi connectivity index (χ0n) is 9.49. The van der Waals surface area contributed by atoms with Gasteiger partial charge in [0.2, 0.25) is 0 Å². The second-order valence-corrected chi connectivity index (χ2v) is 5.03. The van der Waals surface area contributed by atoms with E-state index in [-0.39, 0.29) is 12.1 Å². The summed E-state index contributed by atoms with van der Waals surface area (Å²) in [4.78, 5) is 10.6. The molecule has 1 rings (SSSR count). The van der Waals surface area contributed by atoms with E-state index in [1.807, 2.05) is 0 Å². The van der Waals surface area contributed by atoms with E-state index in [9.17, 15) is 39.6 Å². The van der Waals surface area contributed by atoms with Crippen molar-refractivity contribution in [3.8, 4) is 5.75 Å². The number of halogens is 6. The molecule has 1 N–H and O–H groups in total. The average molecular weight is 338 g/mol. The number of rotatable bonds is 3. The number of aromatic carboxylic acids is 1. The summed E-state index contributed by atoms with van der Waals surface area (Å²) < 4.78 is 98.8. The van der Waals surface area contributed by atoms with Crippen LogP contribution in [0.25, 0.3) is 0 Å². The van der Waals surface area contributed by atoms with Crippen LogP contribution in [-0.4, -0.2) is 25.0 Å². The second-order valence-electron chi connectivity index (χ2n) is 3.50. The van der Waals surface area contributed by atoms with Crippen molar-refractivity contribution < 1.29 is 48.8 Å². The maximum absolute atomic E-state index is 12.5. The summed E-state index contributed by atoms with van der Waals surface area (Å²) in [6.07, 6.45) is -5.24. The molecular formula is C9H4F6O5S. The third-order valence-electron chi connectivity index (χ3n) is 2.02. The first-order chi connectivity index (χ1) is 9.25. The molecule has 0 spiro atoms. The normalized spacial score (nSPS) is 13.0. The van der Waals surface area contributed by atoms with Gasteiger partial charge in [-0.25, -0.2) is 4.79 Å². The van der Waals surface area contributed by atoms with Gasteiger partial charge in [-0.1, -0.05) is 0 Å². The van der Waals surface area contributed by atoms with Crippen LogP contribution in [0.1, 0.15) is 15.9 Å². The van der Waals surface area contributed by atoms with Crippen LogP contribution in [0.2, 0.25) is 0 Å². The molecule has 0 radical (unpaired) electrons. The summed E-state index contributed by atoms with van der Waals surface area (Å²) >= 11 is 0. The lowest BCUT2D eigenvalue weighted by Crippen LogP contribution is -2.29. The van der Waals surface area contributed by atoms with Crippen LogP contribution >= 0.6 is 0 Å². The minimum Gasteiger partial charge on any atom is -0.478 e. The maximum atomic E-state index is 12.5. The fourth-order valence-corrected chi connectivity index (χ4v) is 1.59. The Labute approximate surface area is 112 Å². The van der Waals surface area contributed by atoms with E-state index in [0.717, 1.165) is 0 Å². The number of alkyl halides is 6. The zero-order chi connectivity index (χ0) is 16.6. The molecule has 0 aliphatic rings. The SMILES string of the molecule is O=C(O)c1ccc(C(F)(F)F)c(OS(=O)(=O)C(F)(F)F)c1. The number of carbonyl (C=O) groups is 1. The molecule has 0 aromatic heterocycles. The molecule has 1 aromatic rings. The van der Waals surface area contributed by atoms with Gasteiger partial charge in [0, 0.05) is 0 Å². The Balaban J connectivity index is 3.45. The highest BCUT2D eigenvalue weighted by molar-refractivity contribution is 7.88. The molecule has 12 heteroatoms. The molecule has 5 nitrogen and oxygen atoms in total. The highest BCUT2D eigenvalue weighted by Crippen LogP contribution is 2.38. The maximum Gasteiger partial charge on any atom is 0.534 e. The number of carboxylic acid groups (broad SMARTS) is 1. The molecule has 0 saturated carbocycles. The van der Waals surface area contributed by atoms with Gasteiger partial charge in [-0.3, -0.25) is 0 Å². The van der Waals surface area contributed by atoms with Gasteiger partial charge in [0.05, 0.1) is 11.1 Å². The number of hydrogen-bond donors (Lipinski definition) is 1. The predicted octanol–water partition coefficient (Wildman–Crippen LogP) is 2.63. The van der Waals surface area contributed by atoms with Gasteiger partial charge in [-0.15, -0.1) is 0 Å². The monoisotopic (exact) mass is 338 g/mol. The lowest BCUT2D eigenvalue weighted by atomic mass is 10.1. The Morgan fingerprint density at radius 1 is 1.10 bits per heavy atom. The van der Waals surface area contributed by atoms with E-state index in [1.54, 1.807) is 0 Å². The van der Waals surface area contributed by atoms with Gasteiger partial charge in [0.15, 0.2) is 5.75 Å². The summed E-state index contributed by atoms with van der Waals surface area (Å²) in [5, 5.41) is 8.55. The molecular weight excluding hydrogens is 334 g/mol. The summed E-state index contributed by atoms with van der Waals surface area (Å²) in [6, 6.07) is 0.581. The van der Waals surface area contributed by atoms with Crippen molar-refractivity contribution in [2.75, 3.05) is 0 Å². The lowest BCUT2D eigenvalue weighted by molar-refractivity contribution is -0.138. The van der Waals surface area contributed by atoms with Gasteiger partial charge in [-0.05, 0) is 18.2 Å². The molecule has 0 amide bonds. The van der Waals surface area contributed by atoms with Gasteiger partial charge in [0.25, 0.3) is 0 Å². The summed E-state index contributed by atoms with van der Waals surface area (Å²) in [5.74, 6) is -3.56. The molecule has 0 aliphatic carbocycles. The molecule has 21 heavy (non-hydrogen) atoms. The van der Waals surface area contributed by atoms with Crippen molar-refractivity contribution in [3.05, 3.63) is 29.3 Å². The summed E-state index contributed by atoms with van der Waals surface area (Å²) in [7, 11) is -6.37. The first kappa shape index (κ1) is 17.1. The highest BCUT2D eigenvalue weighted by Gasteiger charge is 2.49. The summed E-state index contributed by atoms with van der Waals surface area (Å²) in [6.45, 7) is 0. The van der Waals surface area contributed by atoms with E-state index >= 15 is 0 Å². The Kier molecular flexibility index (Phi) is 4.14. The number of carboxylic acids is 1. The van der Waals surface area contributed by atoms with Crippen LogP contribution in [-0.2, 0) is 16.3 Å². The molecule has 0 heterocycles. The predicted molar refractivity (Wildman–Crippen MR) is 54.0 cm³/mol. The molecule has 0 fully saturated rings. The minimum absolute atomic E-state index is 0.0362. The Hall–Kier alpha value is -1.98. The molecule has 0 unspecified atom stereocenters. The highest BCUT2D eigenvalue weighted by atomic mass is 32.2. The Morgan fingerprint density at radius 2 is 1.62 bits per heavy atom. The first-order valence-electron chi connectivity index (χ1n) is 4.71. The quantitative estimate of drug-likeness (QED) is 0.521. The van der Waals surface area contributed by atoms with Crippen molar-refractivity contribution >= 4 is 16.1 Å². The largest absolute Gasteiger partial charge is 0.534 e. The van der Waals surface area contributed by atoms with E-state index in [4.69, 9.17) is 5.11 Å². The van der Waals surface area contributed by atoms with Crippen molar-refractivity contribution in [2.24, 2.45) is 0 Å². The van der Waals surface area contributed by atoms with Crippen LogP contribution in [0.4, 0.5) is 26.3 Å². The number of hydrogen-bond acceptors (Lipinski definition) is 4. The smallest absolute Gasteiger partial charge is 0.478 e. The van der Waals surface area contributed by atoms with Crippen molar-refractivity contribution in [1.29, 1.82) is 0 Å². The second kappa shape index (κ2) is 5.09. The van der Waals surface area contributed by atoms with Gasteiger partial charge in [-0.2, -0.15) is 34.8 Å². The van der Waals surface area contributed by atoms with E-state index < -0.39 is 44.6 Å². The Morgan fingerprint density at radius 3 is 2.00 bits per heavy atom. The van der Waals surface area contributed by atoms with Crippen LogP contribution in [0.15, 0.2) is 18.2 Å². The van der Waals surface area contributed by atoms with Crippen LogP contribution in [0, 0.1) is 0 Å². The third-order valence-corrected chi connectivity index (χ3v) is 2.98. The van der Waals surface area contributed by atoms with Crippen molar-refractivity contribution in [1.82, 2.24) is 0 Å². The van der Waals surface area contributed by atoms with Crippen LogP contribution in [0.5, 0.6) is 5.75 Å². The van der Waals surface area contributed by atoms with E-state index in [2.05, 4.69) is 4.18 Å². The zero-order valence-corrected chi connectivity index (χ0v) is 10.3. The number of benzene rings is 1. The standard InChI is InChI=1S/C9H4F6O5S/c10-8(11,12)5-2-1-4(7(16)17)3-6(5)20-21(18,19)9(13,14)15/h1-3H,(H,16,17). The lowest BCUT2D eigenvalue weighted by Gasteiger charge is -2.15. The van der Waals surface area contributed by atoms with E-state index in [1.165, 1.54) is 0 Å². The minimum atomic E-state index is -6.37. The van der Waals surface area contributed by atoms with Crippen molar-refractivity contribution in [2.45, 2.75) is 11.7 Å². The Bertz CT molecular complexity index is 660. The van der Waals surface area contributed by atoms with Crippen molar-refractivity contribution in [3.63, 3.8) is 0 Å². The van der Waals surface area contributed by atoms with Gasteiger partial charge in [0.1, 0.15) is 0 Å². The molecule has 0 bridgehead atoms. The molecule has 1 aromatic carbocycles. The fourth-order valence-electron chi connectivity index (χ4n) is 1.12. The summed E-state index contributed by atoms with van der Waals surface area (Å²) in [5.41, 5.74) is -8.70. The van der Waals surface area contributed by atoms with Crippen LogP contribution < -0.4 is 4.18 Å². The van der Waals surface area contributed by atoms with E-state index in [0.29, 0.717) is 6.07 Å². The topological polar surface area (TPSA) is 80.7 Å². The first-order valence-corrected chi connectivity index (χ1v) is 6.12. The molecule has 0 aliphatic heterocycles. The third kappa shape index (κ3) is 3.77. The average Bonchev–Trinajstić information content (AvgIpc) is 2.24. The fraction of sp³-hybridized carbons (Fsp3) is 0.222. The van der Waals surface area contributed by atoms with Gasteiger partial charge < -0.3 is 9.29 Å². The molecule has 118 valence electrons.